The van der Waals surface area contributed by atoms with Crippen LogP contribution in [0.2, 0.25) is 0 Å². The normalized spacial score (nSPS) is 14.5. The van der Waals surface area contributed by atoms with Crippen molar-refractivity contribution in [1.82, 2.24) is 0 Å². The Kier molecular flexibility index (Phi) is 4.06. The highest BCUT2D eigenvalue weighted by atomic mass is 31.2. The highest BCUT2D eigenvalue weighted by Gasteiger charge is 2.19. The standard InChI is InChI=1S/C10H14NO3P/c11-10(12)6-7-15(13,14)8-9-4-2-1-3-5-9/h1-5H,6-8H2,(H2,11,12)(H,13,14). The fourth-order valence-electron chi connectivity index (χ4n) is 1.23. The number of primary amides is 1. The van der Waals surface area contributed by atoms with Crippen LogP contribution >= 0.6 is 7.37 Å². The lowest BCUT2D eigenvalue weighted by molar-refractivity contribution is -0.117. The lowest BCUT2D eigenvalue weighted by Crippen LogP contribution is -2.12. The van der Waals surface area contributed by atoms with Gasteiger partial charge in [0.25, 0.3) is 0 Å². The van der Waals surface area contributed by atoms with Crippen LogP contribution in [0.4, 0.5) is 0 Å². The predicted octanol–water partition coefficient (Wildman–Crippen LogP) is 1.33. The van der Waals surface area contributed by atoms with Crippen LogP contribution in [0.5, 0.6) is 0 Å². The maximum absolute atomic E-state index is 11.6. The van der Waals surface area contributed by atoms with Gasteiger partial charge >= 0.3 is 0 Å². The monoisotopic (exact) mass is 227 g/mol. The Morgan fingerprint density at radius 1 is 1.33 bits per heavy atom. The zero-order valence-electron chi connectivity index (χ0n) is 8.30. The van der Waals surface area contributed by atoms with E-state index >= 15 is 0 Å². The van der Waals surface area contributed by atoms with Crippen molar-refractivity contribution in [3.63, 3.8) is 0 Å². The molecule has 1 rings (SSSR count). The minimum absolute atomic E-state index is 0.0411. The highest BCUT2D eigenvalue weighted by Crippen LogP contribution is 2.44. The molecule has 0 spiro atoms. The van der Waals surface area contributed by atoms with Crippen LogP contribution in [-0.4, -0.2) is 17.0 Å². The minimum atomic E-state index is -3.27. The van der Waals surface area contributed by atoms with Gasteiger partial charge in [0.05, 0.1) is 0 Å². The van der Waals surface area contributed by atoms with Crippen LogP contribution in [0.1, 0.15) is 12.0 Å². The van der Waals surface area contributed by atoms with E-state index in [0.29, 0.717) is 0 Å². The molecule has 1 atom stereocenters. The molecule has 0 fully saturated rings. The molecule has 0 aromatic heterocycles. The molecule has 1 aromatic carbocycles. The van der Waals surface area contributed by atoms with Crippen molar-refractivity contribution in [2.75, 3.05) is 6.16 Å². The van der Waals surface area contributed by atoms with Crippen molar-refractivity contribution in [2.24, 2.45) is 5.73 Å². The molecule has 0 aliphatic carbocycles. The molecule has 1 aromatic rings. The van der Waals surface area contributed by atoms with Crippen LogP contribution in [-0.2, 0) is 15.5 Å². The third kappa shape index (κ3) is 4.77. The van der Waals surface area contributed by atoms with E-state index in [1.807, 2.05) is 18.2 Å². The largest absolute Gasteiger partial charge is 0.370 e. The molecule has 0 aliphatic rings. The van der Waals surface area contributed by atoms with Gasteiger partial charge in [0, 0.05) is 18.7 Å². The number of benzene rings is 1. The number of hydrogen-bond acceptors (Lipinski definition) is 2. The third-order valence-electron chi connectivity index (χ3n) is 1.98. The fraction of sp³-hybridized carbons (Fsp3) is 0.300. The Labute approximate surface area is 88.6 Å². The highest BCUT2D eigenvalue weighted by molar-refractivity contribution is 7.57. The molecule has 0 saturated carbocycles. The van der Waals surface area contributed by atoms with Crippen molar-refractivity contribution < 1.29 is 14.3 Å². The Balaban J connectivity index is 2.57. The molecule has 0 aliphatic heterocycles. The molecule has 0 saturated heterocycles. The van der Waals surface area contributed by atoms with E-state index in [4.69, 9.17) is 5.73 Å². The molecule has 0 heterocycles. The van der Waals surface area contributed by atoms with E-state index in [9.17, 15) is 14.3 Å². The predicted molar refractivity (Wildman–Crippen MR) is 58.6 cm³/mol. The van der Waals surface area contributed by atoms with Gasteiger partial charge in [0.1, 0.15) is 0 Å². The van der Waals surface area contributed by atoms with Gasteiger partial charge in [0.2, 0.25) is 13.3 Å². The van der Waals surface area contributed by atoms with E-state index in [1.165, 1.54) is 0 Å². The summed E-state index contributed by atoms with van der Waals surface area (Å²) in [5.41, 5.74) is 5.72. The van der Waals surface area contributed by atoms with Crippen LogP contribution in [0.15, 0.2) is 30.3 Å². The van der Waals surface area contributed by atoms with Crippen LogP contribution in [0, 0.1) is 0 Å². The maximum atomic E-state index is 11.6. The van der Waals surface area contributed by atoms with Crippen LogP contribution in [0.3, 0.4) is 0 Å². The van der Waals surface area contributed by atoms with Crippen molar-refractivity contribution in [2.45, 2.75) is 12.6 Å². The van der Waals surface area contributed by atoms with Gasteiger partial charge < -0.3 is 10.6 Å². The second kappa shape index (κ2) is 5.10. The van der Waals surface area contributed by atoms with E-state index < -0.39 is 13.3 Å². The molecule has 1 amide bonds. The summed E-state index contributed by atoms with van der Waals surface area (Å²) in [6.45, 7) is 0. The smallest absolute Gasteiger partial charge is 0.217 e. The van der Waals surface area contributed by atoms with Gasteiger partial charge in [0.15, 0.2) is 0 Å². The minimum Gasteiger partial charge on any atom is -0.370 e. The lowest BCUT2D eigenvalue weighted by Gasteiger charge is -2.10. The van der Waals surface area contributed by atoms with Crippen LogP contribution < -0.4 is 5.73 Å². The van der Waals surface area contributed by atoms with E-state index in [1.54, 1.807) is 12.1 Å². The molecule has 82 valence electrons. The zero-order valence-corrected chi connectivity index (χ0v) is 9.19. The van der Waals surface area contributed by atoms with Crippen molar-refractivity contribution >= 4 is 13.3 Å². The Morgan fingerprint density at radius 3 is 2.47 bits per heavy atom. The van der Waals surface area contributed by atoms with Crippen molar-refractivity contribution in [1.29, 1.82) is 0 Å². The first-order valence-electron chi connectivity index (χ1n) is 4.63. The number of rotatable bonds is 5. The molecule has 0 bridgehead atoms. The van der Waals surface area contributed by atoms with Gasteiger partial charge in [-0.3, -0.25) is 9.36 Å². The first-order valence-corrected chi connectivity index (χ1v) is 6.66. The number of amides is 1. The molecular weight excluding hydrogens is 213 g/mol. The average molecular weight is 227 g/mol. The molecular formula is C10H14NO3P. The van der Waals surface area contributed by atoms with E-state index in [2.05, 4.69) is 0 Å². The summed E-state index contributed by atoms with van der Waals surface area (Å²) < 4.78 is 11.6. The Bertz CT molecular complexity index is 378. The molecule has 3 N–H and O–H groups in total. The fourth-order valence-corrected chi connectivity index (χ4v) is 2.74. The third-order valence-corrected chi connectivity index (χ3v) is 3.76. The van der Waals surface area contributed by atoms with Crippen LogP contribution in [0.25, 0.3) is 0 Å². The summed E-state index contributed by atoms with van der Waals surface area (Å²) in [4.78, 5) is 20.1. The second-order valence-corrected chi connectivity index (χ2v) is 5.89. The topological polar surface area (TPSA) is 80.4 Å². The molecule has 0 radical (unpaired) electrons. The zero-order chi connectivity index (χ0) is 11.3. The Morgan fingerprint density at radius 2 is 1.93 bits per heavy atom. The summed E-state index contributed by atoms with van der Waals surface area (Å²) in [7, 11) is -3.27. The van der Waals surface area contributed by atoms with Crippen molar-refractivity contribution in [3.8, 4) is 0 Å². The summed E-state index contributed by atoms with van der Waals surface area (Å²) in [6.07, 6.45) is 0.0129. The average Bonchev–Trinajstić information content (AvgIpc) is 2.16. The van der Waals surface area contributed by atoms with Gasteiger partial charge in [-0.15, -0.1) is 0 Å². The molecule has 4 nitrogen and oxygen atoms in total. The lowest BCUT2D eigenvalue weighted by atomic mass is 10.2. The summed E-state index contributed by atoms with van der Waals surface area (Å²) >= 11 is 0. The Hall–Kier alpha value is -1.12. The van der Waals surface area contributed by atoms with Gasteiger partial charge in [-0.25, -0.2) is 0 Å². The summed E-state index contributed by atoms with van der Waals surface area (Å²) in [5, 5.41) is 0. The first-order chi connectivity index (χ1) is 6.99. The molecule has 5 heteroatoms. The number of carbonyl (C=O) groups excluding carboxylic acids is 1. The van der Waals surface area contributed by atoms with E-state index in [0.717, 1.165) is 5.56 Å². The summed E-state index contributed by atoms with van der Waals surface area (Å²) in [6, 6.07) is 9.03. The number of carbonyl (C=O) groups is 1. The summed E-state index contributed by atoms with van der Waals surface area (Å²) in [5.74, 6) is -0.544. The SMILES string of the molecule is NC(=O)CCP(=O)(O)Cc1ccccc1. The van der Waals surface area contributed by atoms with Gasteiger partial charge in [-0.1, -0.05) is 30.3 Å². The first kappa shape index (κ1) is 12.0. The maximum Gasteiger partial charge on any atom is 0.217 e. The number of hydrogen-bond donors (Lipinski definition) is 2. The van der Waals surface area contributed by atoms with Gasteiger partial charge in [-0.05, 0) is 5.56 Å². The second-order valence-electron chi connectivity index (χ2n) is 3.43. The quantitative estimate of drug-likeness (QED) is 0.744. The van der Waals surface area contributed by atoms with Crippen molar-refractivity contribution in [3.05, 3.63) is 35.9 Å². The van der Waals surface area contributed by atoms with Gasteiger partial charge in [-0.2, -0.15) is 0 Å². The number of nitrogens with two attached hydrogens (primary N) is 1. The molecule has 1 unspecified atom stereocenters. The molecule has 15 heavy (non-hydrogen) atoms. The van der Waals surface area contributed by atoms with E-state index in [-0.39, 0.29) is 18.7 Å².